The summed E-state index contributed by atoms with van der Waals surface area (Å²) in [5.41, 5.74) is 5.46. The summed E-state index contributed by atoms with van der Waals surface area (Å²) >= 11 is 1.95. The minimum absolute atomic E-state index is 0.265. The fourth-order valence-electron chi connectivity index (χ4n) is 1.39. The number of nitrogen functional groups attached to an aromatic ring is 1. The summed E-state index contributed by atoms with van der Waals surface area (Å²) in [6, 6.07) is 0.446. The van der Waals surface area contributed by atoms with Crippen LogP contribution in [-0.4, -0.2) is 32.5 Å². The van der Waals surface area contributed by atoms with E-state index in [1.54, 1.807) is 0 Å². The Labute approximate surface area is 86.9 Å². The average molecular weight is 211 g/mol. The summed E-state index contributed by atoms with van der Waals surface area (Å²) in [7, 11) is 0. The first-order valence-electron chi connectivity index (χ1n) is 4.54. The number of hydrogen-bond acceptors (Lipinski definition) is 6. The number of anilines is 2. The molecule has 3 N–H and O–H groups in total. The minimum atomic E-state index is 0.265. The lowest BCUT2D eigenvalue weighted by Crippen LogP contribution is -2.26. The number of aromatic nitrogens is 3. The SMILES string of the molecule is CC1CSCC1Nc1ncnc(N)n1. The summed E-state index contributed by atoms with van der Waals surface area (Å²) in [5.74, 6) is 3.79. The molecule has 0 spiro atoms. The van der Waals surface area contributed by atoms with Crippen LogP contribution in [0.1, 0.15) is 6.92 Å². The molecule has 0 saturated carbocycles. The van der Waals surface area contributed by atoms with E-state index in [0.717, 1.165) is 5.75 Å². The number of rotatable bonds is 2. The highest BCUT2D eigenvalue weighted by molar-refractivity contribution is 7.99. The zero-order valence-electron chi connectivity index (χ0n) is 7.97. The lowest BCUT2D eigenvalue weighted by molar-refractivity contribution is 0.594. The Balaban J connectivity index is 2.03. The molecule has 0 aromatic carbocycles. The maximum atomic E-state index is 5.46. The van der Waals surface area contributed by atoms with E-state index in [0.29, 0.717) is 17.9 Å². The molecule has 0 bridgehead atoms. The second kappa shape index (κ2) is 4.00. The number of thioether (sulfide) groups is 1. The number of hydrogen-bond donors (Lipinski definition) is 2. The van der Waals surface area contributed by atoms with Crippen LogP contribution in [0.25, 0.3) is 0 Å². The molecule has 1 fully saturated rings. The molecule has 1 saturated heterocycles. The molecule has 0 radical (unpaired) electrons. The zero-order chi connectivity index (χ0) is 9.97. The monoisotopic (exact) mass is 211 g/mol. The lowest BCUT2D eigenvalue weighted by atomic mass is 10.1. The predicted molar refractivity (Wildman–Crippen MR) is 58.1 cm³/mol. The van der Waals surface area contributed by atoms with E-state index < -0.39 is 0 Å². The van der Waals surface area contributed by atoms with Gasteiger partial charge in [-0.25, -0.2) is 9.97 Å². The highest BCUT2D eigenvalue weighted by Gasteiger charge is 2.24. The summed E-state index contributed by atoms with van der Waals surface area (Å²) < 4.78 is 0. The number of nitrogens with one attached hydrogen (secondary N) is 1. The van der Waals surface area contributed by atoms with Crippen LogP contribution in [0.4, 0.5) is 11.9 Å². The Morgan fingerprint density at radius 2 is 2.36 bits per heavy atom. The molecule has 14 heavy (non-hydrogen) atoms. The van der Waals surface area contributed by atoms with E-state index in [4.69, 9.17) is 5.73 Å². The van der Waals surface area contributed by atoms with Gasteiger partial charge in [0.1, 0.15) is 6.33 Å². The van der Waals surface area contributed by atoms with Gasteiger partial charge in [0, 0.05) is 11.8 Å². The van der Waals surface area contributed by atoms with Crippen LogP contribution < -0.4 is 11.1 Å². The summed E-state index contributed by atoms with van der Waals surface area (Å²) in [6.45, 7) is 2.22. The molecular formula is C8H13N5S. The van der Waals surface area contributed by atoms with Crippen molar-refractivity contribution in [3.8, 4) is 0 Å². The van der Waals surface area contributed by atoms with Gasteiger partial charge in [0.15, 0.2) is 0 Å². The third-order valence-electron chi connectivity index (χ3n) is 2.27. The van der Waals surface area contributed by atoms with Crippen molar-refractivity contribution in [3.63, 3.8) is 0 Å². The molecular weight excluding hydrogens is 198 g/mol. The molecule has 2 atom stereocenters. The largest absolute Gasteiger partial charge is 0.368 e. The van der Waals surface area contributed by atoms with Gasteiger partial charge in [-0.15, -0.1) is 0 Å². The van der Waals surface area contributed by atoms with E-state index in [-0.39, 0.29) is 5.95 Å². The maximum absolute atomic E-state index is 5.46. The van der Waals surface area contributed by atoms with E-state index in [2.05, 4.69) is 27.2 Å². The van der Waals surface area contributed by atoms with Crippen LogP contribution in [0.5, 0.6) is 0 Å². The van der Waals surface area contributed by atoms with Crippen LogP contribution in [0.3, 0.4) is 0 Å². The topological polar surface area (TPSA) is 76.7 Å². The fourth-order valence-corrected chi connectivity index (χ4v) is 2.80. The Morgan fingerprint density at radius 3 is 3.00 bits per heavy atom. The van der Waals surface area contributed by atoms with Crippen molar-refractivity contribution in [2.75, 3.05) is 22.6 Å². The molecule has 2 heterocycles. The molecule has 76 valence electrons. The molecule has 1 aromatic rings. The molecule has 1 aliphatic rings. The zero-order valence-corrected chi connectivity index (χ0v) is 8.79. The highest BCUT2D eigenvalue weighted by atomic mass is 32.2. The van der Waals surface area contributed by atoms with Crippen LogP contribution in [-0.2, 0) is 0 Å². The summed E-state index contributed by atoms with van der Waals surface area (Å²) in [4.78, 5) is 11.8. The average Bonchev–Trinajstić information content (AvgIpc) is 2.52. The van der Waals surface area contributed by atoms with Gasteiger partial charge in [0.2, 0.25) is 11.9 Å². The van der Waals surface area contributed by atoms with Crippen LogP contribution >= 0.6 is 11.8 Å². The van der Waals surface area contributed by atoms with Crippen molar-refractivity contribution in [2.24, 2.45) is 5.92 Å². The van der Waals surface area contributed by atoms with E-state index in [1.807, 2.05) is 11.8 Å². The van der Waals surface area contributed by atoms with Crippen molar-refractivity contribution < 1.29 is 0 Å². The summed E-state index contributed by atoms with van der Waals surface area (Å²) in [5, 5.41) is 3.27. The minimum Gasteiger partial charge on any atom is -0.368 e. The standard InChI is InChI=1S/C8H13N5S/c1-5-2-14-3-6(5)12-8-11-4-10-7(9)13-8/h4-6H,2-3H2,1H3,(H3,9,10,11,12,13). The van der Waals surface area contributed by atoms with Crippen molar-refractivity contribution in [3.05, 3.63) is 6.33 Å². The number of nitrogens with two attached hydrogens (primary N) is 1. The Morgan fingerprint density at radius 1 is 1.50 bits per heavy atom. The van der Waals surface area contributed by atoms with Crippen LogP contribution in [0.15, 0.2) is 6.33 Å². The number of nitrogens with zero attached hydrogens (tertiary/aromatic N) is 3. The molecule has 0 aliphatic carbocycles. The van der Waals surface area contributed by atoms with Crippen molar-refractivity contribution >= 4 is 23.7 Å². The van der Waals surface area contributed by atoms with Crippen LogP contribution in [0.2, 0.25) is 0 Å². The van der Waals surface area contributed by atoms with Gasteiger partial charge in [0.05, 0.1) is 0 Å². The normalized spacial score (nSPS) is 26.4. The fraction of sp³-hybridized carbons (Fsp3) is 0.625. The smallest absolute Gasteiger partial charge is 0.227 e. The van der Waals surface area contributed by atoms with Crippen molar-refractivity contribution in [1.82, 2.24) is 15.0 Å². The molecule has 6 heteroatoms. The van der Waals surface area contributed by atoms with Crippen molar-refractivity contribution in [2.45, 2.75) is 13.0 Å². The Bertz CT molecular complexity index is 318. The van der Waals surface area contributed by atoms with Gasteiger partial charge >= 0.3 is 0 Å². The van der Waals surface area contributed by atoms with E-state index in [9.17, 15) is 0 Å². The first kappa shape index (κ1) is 9.51. The van der Waals surface area contributed by atoms with E-state index in [1.165, 1.54) is 12.1 Å². The third-order valence-corrected chi connectivity index (χ3v) is 3.63. The third kappa shape index (κ3) is 2.06. The van der Waals surface area contributed by atoms with E-state index >= 15 is 0 Å². The van der Waals surface area contributed by atoms with Gasteiger partial charge in [-0.05, 0) is 11.7 Å². The molecule has 2 unspecified atom stereocenters. The Hall–Kier alpha value is -1.04. The predicted octanol–water partition coefficient (Wildman–Crippen LogP) is 0.617. The van der Waals surface area contributed by atoms with Gasteiger partial charge in [0.25, 0.3) is 0 Å². The van der Waals surface area contributed by atoms with Crippen LogP contribution in [0, 0.1) is 5.92 Å². The quantitative estimate of drug-likeness (QED) is 0.746. The second-order valence-electron chi connectivity index (χ2n) is 3.43. The summed E-state index contributed by atoms with van der Waals surface area (Å²) in [6.07, 6.45) is 1.43. The lowest BCUT2D eigenvalue weighted by Gasteiger charge is -2.15. The molecule has 1 aliphatic heterocycles. The second-order valence-corrected chi connectivity index (χ2v) is 4.51. The molecule has 0 amide bonds. The maximum Gasteiger partial charge on any atom is 0.227 e. The molecule has 2 rings (SSSR count). The first-order valence-corrected chi connectivity index (χ1v) is 5.70. The van der Waals surface area contributed by atoms with Gasteiger partial charge in [-0.1, -0.05) is 6.92 Å². The molecule has 5 nitrogen and oxygen atoms in total. The first-order chi connectivity index (χ1) is 6.75. The van der Waals surface area contributed by atoms with Crippen molar-refractivity contribution in [1.29, 1.82) is 0 Å². The highest BCUT2D eigenvalue weighted by Crippen LogP contribution is 2.25. The molecule has 1 aromatic heterocycles. The van der Waals surface area contributed by atoms with Gasteiger partial charge in [-0.3, -0.25) is 0 Å². The van der Waals surface area contributed by atoms with Gasteiger partial charge in [-0.2, -0.15) is 16.7 Å². The Kier molecular flexibility index (Phi) is 2.72. The van der Waals surface area contributed by atoms with Gasteiger partial charge < -0.3 is 11.1 Å².